The highest BCUT2D eigenvalue weighted by molar-refractivity contribution is 7.99. The zero-order valence-electron chi connectivity index (χ0n) is 16.7. The zero-order chi connectivity index (χ0) is 22.7. The molecule has 3 aromatic rings. The smallest absolute Gasteiger partial charge is 0.417 e. The van der Waals surface area contributed by atoms with Crippen molar-refractivity contribution in [3.8, 4) is 11.6 Å². The summed E-state index contributed by atoms with van der Waals surface area (Å²) >= 11 is 7.05. The van der Waals surface area contributed by atoms with E-state index in [1.165, 1.54) is 18.2 Å². The minimum absolute atomic E-state index is 0.0396. The van der Waals surface area contributed by atoms with Gasteiger partial charge >= 0.3 is 6.18 Å². The van der Waals surface area contributed by atoms with Crippen molar-refractivity contribution in [3.63, 3.8) is 0 Å². The summed E-state index contributed by atoms with van der Waals surface area (Å²) in [5, 5.41) is 11.3. The minimum Gasteiger partial charge on any atom is -0.461 e. The van der Waals surface area contributed by atoms with Crippen molar-refractivity contribution >= 4 is 35.1 Å². The number of amides is 1. The highest BCUT2D eigenvalue weighted by atomic mass is 35.5. The lowest BCUT2D eigenvalue weighted by Gasteiger charge is -2.25. The summed E-state index contributed by atoms with van der Waals surface area (Å²) in [6, 6.07) is 4.52. The van der Waals surface area contributed by atoms with Crippen LogP contribution in [0.5, 0.6) is 0 Å². The van der Waals surface area contributed by atoms with Crippen molar-refractivity contribution < 1.29 is 22.4 Å². The summed E-state index contributed by atoms with van der Waals surface area (Å²) in [6.07, 6.45) is 2.98. The third-order valence-electron chi connectivity index (χ3n) is 5.10. The quantitative estimate of drug-likeness (QED) is 0.441. The maximum absolute atomic E-state index is 12.8. The van der Waals surface area contributed by atoms with Crippen LogP contribution in [0.3, 0.4) is 0 Å². The first-order valence-electron chi connectivity index (χ1n) is 9.97. The molecule has 12 heteroatoms. The number of thioether (sulfide) groups is 1. The lowest BCUT2D eigenvalue weighted by atomic mass is 9.95. The maximum atomic E-state index is 12.8. The van der Waals surface area contributed by atoms with Crippen LogP contribution in [0.2, 0.25) is 5.02 Å². The van der Waals surface area contributed by atoms with Crippen LogP contribution in [0.25, 0.3) is 11.6 Å². The summed E-state index contributed by atoms with van der Waals surface area (Å²) in [6.45, 7) is 0. The maximum Gasteiger partial charge on any atom is 0.417 e. The fourth-order valence-electron chi connectivity index (χ4n) is 3.60. The lowest BCUT2D eigenvalue weighted by Crippen LogP contribution is -2.18. The fourth-order valence-corrected chi connectivity index (χ4v) is 4.62. The van der Waals surface area contributed by atoms with Gasteiger partial charge in [-0.25, -0.2) is 4.98 Å². The number of furan rings is 1. The SMILES string of the molecule is O=C(CSc1nnc(-c2ccco2)n1C1CCCCC1)Nc1ncc(C(F)(F)F)cc1Cl. The van der Waals surface area contributed by atoms with Gasteiger partial charge in [0.2, 0.25) is 11.7 Å². The van der Waals surface area contributed by atoms with E-state index in [4.69, 9.17) is 16.0 Å². The van der Waals surface area contributed by atoms with E-state index < -0.39 is 17.6 Å². The number of anilines is 1. The molecule has 0 saturated heterocycles. The van der Waals surface area contributed by atoms with Crippen LogP contribution in [0, 0.1) is 0 Å². The van der Waals surface area contributed by atoms with Crippen LogP contribution in [0.15, 0.2) is 40.2 Å². The third kappa shape index (κ3) is 5.09. The first kappa shape index (κ1) is 22.7. The molecule has 0 atom stereocenters. The molecule has 0 spiro atoms. The van der Waals surface area contributed by atoms with Gasteiger partial charge in [0, 0.05) is 12.2 Å². The van der Waals surface area contributed by atoms with Gasteiger partial charge in [0.25, 0.3) is 0 Å². The second-order valence-electron chi connectivity index (χ2n) is 7.33. The van der Waals surface area contributed by atoms with E-state index in [0.717, 1.165) is 31.7 Å². The third-order valence-corrected chi connectivity index (χ3v) is 6.34. The molecule has 3 heterocycles. The van der Waals surface area contributed by atoms with E-state index in [-0.39, 0.29) is 22.6 Å². The van der Waals surface area contributed by atoms with Crippen molar-refractivity contribution in [1.29, 1.82) is 0 Å². The van der Waals surface area contributed by atoms with E-state index in [1.54, 1.807) is 12.3 Å². The molecule has 0 aliphatic heterocycles. The monoisotopic (exact) mass is 485 g/mol. The molecular weight excluding hydrogens is 467 g/mol. The Bertz CT molecular complexity index is 1080. The summed E-state index contributed by atoms with van der Waals surface area (Å²) in [5.74, 6) is 0.566. The Kier molecular flexibility index (Phi) is 6.75. The van der Waals surface area contributed by atoms with Gasteiger partial charge in [-0.3, -0.25) is 9.36 Å². The lowest BCUT2D eigenvalue weighted by molar-refractivity contribution is -0.137. The van der Waals surface area contributed by atoms with E-state index in [0.29, 0.717) is 22.9 Å². The molecule has 1 fully saturated rings. The number of hydrogen-bond acceptors (Lipinski definition) is 6. The molecule has 1 saturated carbocycles. The predicted octanol–water partition coefficient (Wildman–Crippen LogP) is 5.84. The zero-order valence-corrected chi connectivity index (χ0v) is 18.3. The molecule has 0 radical (unpaired) electrons. The Labute approximate surface area is 190 Å². The molecule has 0 unspecified atom stereocenters. The Morgan fingerprint density at radius 2 is 2.06 bits per heavy atom. The Hall–Kier alpha value is -2.53. The molecule has 1 N–H and O–H groups in total. The minimum atomic E-state index is -4.57. The van der Waals surface area contributed by atoms with Gasteiger partial charge in [-0.2, -0.15) is 13.2 Å². The topological polar surface area (TPSA) is 85.8 Å². The van der Waals surface area contributed by atoms with Crippen molar-refractivity contribution in [2.75, 3.05) is 11.1 Å². The van der Waals surface area contributed by atoms with Gasteiger partial charge in [-0.15, -0.1) is 10.2 Å². The van der Waals surface area contributed by atoms with Gasteiger partial charge in [-0.05, 0) is 31.0 Å². The standard InChI is InChI=1S/C20H19ClF3N5O2S/c21-14-9-12(20(22,23)24)10-25-17(14)26-16(30)11-32-19-28-27-18(15-7-4-8-31-15)29(19)13-5-2-1-3-6-13/h4,7-10,13H,1-3,5-6,11H2,(H,25,26,30). The fraction of sp³-hybridized carbons (Fsp3) is 0.400. The van der Waals surface area contributed by atoms with Gasteiger partial charge in [0.05, 0.1) is 22.6 Å². The van der Waals surface area contributed by atoms with Crippen LogP contribution in [0.4, 0.5) is 19.0 Å². The van der Waals surface area contributed by atoms with E-state index in [9.17, 15) is 18.0 Å². The van der Waals surface area contributed by atoms with Crippen LogP contribution in [-0.4, -0.2) is 31.4 Å². The first-order chi connectivity index (χ1) is 15.3. The van der Waals surface area contributed by atoms with Crippen LogP contribution >= 0.6 is 23.4 Å². The van der Waals surface area contributed by atoms with Gasteiger partial charge in [-0.1, -0.05) is 42.6 Å². The molecule has 1 aliphatic carbocycles. The summed E-state index contributed by atoms with van der Waals surface area (Å²) in [4.78, 5) is 16.0. The Morgan fingerprint density at radius 1 is 1.28 bits per heavy atom. The number of carbonyl (C=O) groups is 1. The predicted molar refractivity (Wildman–Crippen MR) is 113 cm³/mol. The number of carbonyl (C=O) groups excluding carboxylic acids is 1. The number of aromatic nitrogens is 4. The average Bonchev–Trinajstić information content (AvgIpc) is 3.43. The number of nitrogens with one attached hydrogen (secondary N) is 1. The molecule has 1 amide bonds. The normalized spacial score (nSPS) is 15.1. The van der Waals surface area contributed by atoms with Crippen molar-refractivity contribution in [2.45, 2.75) is 49.5 Å². The summed E-state index contributed by atoms with van der Waals surface area (Å²) < 4.78 is 45.8. The number of halogens is 4. The number of alkyl halides is 3. The molecule has 1 aliphatic rings. The molecule has 7 nitrogen and oxygen atoms in total. The molecule has 0 bridgehead atoms. The van der Waals surface area contributed by atoms with Gasteiger partial charge in [0.1, 0.15) is 0 Å². The molecule has 32 heavy (non-hydrogen) atoms. The number of hydrogen-bond donors (Lipinski definition) is 1. The molecule has 3 aromatic heterocycles. The Balaban J connectivity index is 1.47. The van der Waals surface area contributed by atoms with Crippen LogP contribution in [0.1, 0.15) is 43.7 Å². The van der Waals surface area contributed by atoms with E-state index >= 15 is 0 Å². The first-order valence-corrected chi connectivity index (χ1v) is 11.3. The average molecular weight is 486 g/mol. The van der Waals surface area contributed by atoms with E-state index in [1.807, 2.05) is 10.6 Å². The highest BCUT2D eigenvalue weighted by Gasteiger charge is 2.32. The second kappa shape index (κ2) is 9.53. The van der Waals surface area contributed by atoms with Crippen LogP contribution < -0.4 is 5.32 Å². The second-order valence-corrected chi connectivity index (χ2v) is 8.68. The number of pyridine rings is 1. The van der Waals surface area contributed by atoms with Gasteiger partial charge < -0.3 is 9.73 Å². The summed E-state index contributed by atoms with van der Waals surface area (Å²) in [5.41, 5.74) is -0.985. The molecule has 4 rings (SSSR count). The van der Waals surface area contributed by atoms with Crippen molar-refractivity contribution in [1.82, 2.24) is 19.7 Å². The molecule has 170 valence electrons. The number of nitrogens with zero attached hydrogens (tertiary/aromatic N) is 4. The highest BCUT2D eigenvalue weighted by Crippen LogP contribution is 2.36. The van der Waals surface area contributed by atoms with Crippen molar-refractivity contribution in [3.05, 3.63) is 41.2 Å². The largest absolute Gasteiger partial charge is 0.461 e. The molecule has 0 aromatic carbocycles. The number of rotatable bonds is 6. The van der Waals surface area contributed by atoms with Crippen LogP contribution in [-0.2, 0) is 11.0 Å². The van der Waals surface area contributed by atoms with E-state index in [2.05, 4.69) is 20.5 Å². The summed E-state index contributed by atoms with van der Waals surface area (Å²) in [7, 11) is 0. The Morgan fingerprint density at radius 3 is 2.72 bits per heavy atom. The van der Waals surface area contributed by atoms with Gasteiger partial charge in [0.15, 0.2) is 16.7 Å². The molecular formula is C20H19ClF3N5O2S. The van der Waals surface area contributed by atoms with Crippen molar-refractivity contribution in [2.24, 2.45) is 0 Å².